The first-order valence-electron chi connectivity index (χ1n) is 12.8. The lowest BCUT2D eigenvalue weighted by molar-refractivity contribution is 0.0569. The van der Waals surface area contributed by atoms with E-state index in [1.165, 1.54) is 6.07 Å². The van der Waals surface area contributed by atoms with Crippen LogP contribution in [0.15, 0.2) is 91.0 Å². The molecule has 1 amide bonds. The molecule has 0 bridgehead atoms. The lowest BCUT2D eigenvalue weighted by Gasteiger charge is -2.26. The van der Waals surface area contributed by atoms with Crippen LogP contribution < -0.4 is 5.32 Å². The molecule has 0 saturated heterocycles. The van der Waals surface area contributed by atoms with Crippen LogP contribution in [0.3, 0.4) is 0 Å². The second kappa shape index (κ2) is 11.0. The number of aromatic amines is 1. The summed E-state index contributed by atoms with van der Waals surface area (Å²) in [6.45, 7) is 3.35. The number of aromatic carboxylic acids is 1. The number of aromatic nitrogens is 2. The number of aliphatic hydroxyl groups is 1. The summed E-state index contributed by atoms with van der Waals surface area (Å²) in [5.41, 5.74) is 3.00. The molecule has 0 aliphatic carbocycles. The van der Waals surface area contributed by atoms with E-state index in [1.54, 1.807) is 38.1 Å². The van der Waals surface area contributed by atoms with Gasteiger partial charge in [-0.2, -0.15) is 0 Å². The number of imidazole rings is 1. The number of nitrogens with one attached hydrogen (secondary N) is 2. The molecule has 40 heavy (non-hydrogen) atoms. The monoisotopic (exact) mass is 553 g/mol. The van der Waals surface area contributed by atoms with Gasteiger partial charge in [0.25, 0.3) is 5.91 Å². The van der Waals surface area contributed by atoms with Crippen LogP contribution in [0.2, 0.25) is 5.02 Å². The van der Waals surface area contributed by atoms with Crippen molar-refractivity contribution >= 4 is 34.5 Å². The first kappa shape index (κ1) is 27.1. The Balaban J connectivity index is 1.54. The van der Waals surface area contributed by atoms with Crippen LogP contribution in [-0.4, -0.2) is 37.7 Å². The Hall–Kier alpha value is -4.46. The van der Waals surface area contributed by atoms with Gasteiger partial charge in [-0.1, -0.05) is 72.3 Å². The summed E-state index contributed by atoms with van der Waals surface area (Å²) in [5.74, 6) is -1.10. The number of H-pyrrole nitrogens is 1. The standard InChI is InChI=1S/C32H28ClN3O4/c1-32(2,40)18-27(19-9-4-3-5-10-19)36-30(37)20-15-16-21(23(17-20)31(38)39)28-22(11-8-12-24(28)33)29-34-25-13-6-7-14-26(25)35-29/h3-17,27,40H,18H2,1-2H3,(H,34,35)(H,36,37)(H,38,39)/t27-/m1/s1. The van der Waals surface area contributed by atoms with Crippen molar-refractivity contribution in [3.05, 3.63) is 113 Å². The van der Waals surface area contributed by atoms with Crippen molar-refractivity contribution in [2.75, 3.05) is 0 Å². The second-order valence-electron chi connectivity index (χ2n) is 10.3. The van der Waals surface area contributed by atoms with Gasteiger partial charge in [0.2, 0.25) is 0 Å². The topological polar surface area (TPSA) is 115 Å². The fourth-order valence-corrected chi connectivity index (χ4v) is 5.11. The molecular weight excluding hydrogens is 526 g/mol. The third kappa shape index (κ3) is 5.76. The zero-order valence-electron chi connectivity index (χ0n) is 22.0. The number of amides is 1. The van der Waals surface area contributed by atoms with Crippen LogP contribution in [0.25, 0.3) is 33.5 Å². The van der Waals surface area contributed by atoms with E-state index in [4.69, 9.17) is 11.6 Å². The molecule has 8 heteroatoms. The molecule has 0 fully saturated rings. The van der Waals surface area contributed by atoms with Crippen molar-refractivity contribution in [1.82, 2.24) is 15.3 Å². The smallest absolute Gasteiger partial charge is 0.336 e. The van der Waals surface area contributed by atoms with E-state index in [-0.39, 0.29) is 17.5 Å². The molecule has 5 rings (SSSR count). The number of benzene rings is 4. The fourth-order valence-electron chi connectivity index (χ4n) is 4.83. The van der Waals surface area contributed by atoms with Crippen molar-refractivity contribution in [1.29, 1.82) is 0 Å². The molecule has 7 nitrogen and oxygen atoms in total. The molecule has 1 atom stereocenters. The number of rotatable bonds is 8. The molecule has 0 aliphatic rings. The van der Waals surface area contributed by atoms with Gasteiger partial charge in [-0.15, -0.1) is 0 Å². The predicted octanol–water partition coefficient (Wildman–Crippen LogP) is 6.88. The van der Waals surface area contributed by atoms with Gasteiger partial charge in [-0.05, 0) is 61.7 Å². The Morgan fingerprint density at radius 2 is 1.68 bits per heavy atom. The van der Waals surface area contributed by atoms with Crippen LogP contribution in [-0.2, 0) is 0 Å². The number of hydrogen-bond donors (Lipinski definition) is 4. The number of carboxylic acids is 1. The van der Waals surface area contributed by atoms with Gasteiger partial charge in [0.05, 0.1) is 28.2 Å². The van der Waals surface area contributed by atoms with Gasteiger partial charge in [0.15, 0.2) is 0 Å². The minimum Gasteiger partial charge on any atom is -0.478 e. The average Bonchev–Trinajstić information content (AvgIpc) is 3.36. The third-order valence-corrected chi connectivity index (χ3v) is 6.97. The predicted molar refractivity (Wildman–Crippen MR) is 156 cm³/mol. The molecule has 0 radical (unpaired) electrons. The first-order valence-corrected chi connectivity index (χ1v) is 13.2. The largest absolute Gasteiger partial charge is 0.478 e. The maximum Gasteiger partial charge on any atom is 0.336 e. The average molecular weight is 554 g/mol. The Morgan fingerprint density at radius 3 is 2.38 bits per heavy atom. The normalized spacial score (nSPS) is 12.3. The molecule has 1 aromatic heterocycles. The summed E-state index contributed by atoms with van der Waals surface area (Å²) < 4.78 is 0. The lowest BCUT2D eigenvalue weighted by Crippen LogP contribution is -2.34. The van der Waals surface area contributed by atoms with Crippen molar-refractivity contribution in [3.8, 4) is 22.5 Å². The van der Waals surface area contributed by atoms with Gasteiger partial charge in [0, 0.05) is 21.7 Å². The molecule has 1 heterocycles. The van der Waals surface area contributed by atoms with Crippen molar-refractivity contribution in [2.45, 2.75) is 31.9 Å². The van der Waals surface area contributed by atoms with E-state index in [0.717, 1.165) is 16.6 Å². The number of hydrogen-bond acceptors (Lipinski definition) is 4. The fraction of sp³-hybridized carbons (Fsp3) is 0.156. The molecule has 0 unspecified atom stereocenters. The second-order valence-corrected chi connectivity index (χ2v) is 10.7. The Labute approximate surface area is 236 Å². The molecule has 4 aromatic carbocycles. The van der Waals surface area contributed by atoms with E-state index in [0.29, 0.717) is 27.5 Å². The molecule has 202 valence electrons. The molecule has 5 aromatic rings. The highest BCUT2D eigenvalue weighted by molar-refractivity contribution is 6.34. The maximum atomic E-state index is 13.4. The number of fused-ring (bicyclic) bond motifs is 1. The van der Waals surface area contributed by atoms with Crippen molar-refractivity contribution < 1.29 is 19.8 Å². The highest BCUT2D eigenvalue weighted by atomic mass is 35.5. The number of nitrogens with zero attached hydrogens (tertiary/aromatic N) is 1. The highest BCUT2D eigenvalue weighted by Crippen LogP contribution is 2.39. The number of carbonyl (C=O) groups is 2. The van der Waals surface area contributed by atoms with Crippen molar-refractivity contribution in [2.24, 2.45) is 0 Å². The Bertz CT molecular complexity index is 1670. The van der Waals surface area contributed by atoms with E-state index in [1.807, 2.05) is 60.7 Å². The van der Waals surface area contributed by atoms with Crippen LogP contribution in [0.4, 0.5) is 0 Å². The summed E-state index contributed by atoms with van der Waals surface area (Å²) in [6.07, 6.45) is 0.271. The zero-order valence-corrected chi connectivity index (χ0v) is 22.7. The number of carbonyl (C=O) groups excluding carboxylic acids is 1. The van der Waals surface area contributed by atoms with Crippen LogP contribution in [0.1, 0.15) is 52.6 Å². The lowest BCUT2D eigenvalue weighted by atomic mass is 9.92. The molecule has 0 aliphatic heterocycles. The van der Waals surface area contributed by atoms with Crippen LogP contribution in [0.5, 0.6) is 0 Å². The van der Waals surface area contributed by atoms with Crippen LogP contribution >= 0.6 is 11.6 Å². The van der Waals surface area contributed by atoms with Gasteiger partial charge in [0.1, 0.15) is 5.82 Å². The molecular formula is C32H28ClN3O4. The summed E-state index contributed by atoms with van der Waals surface area (Å²) in [7, 11) is 0. The molecule has 0 saturated carbocycles. The van der Waals surface area contributed by atoms with E-state index in [2.05, 4.69) is 15.3 Å². The Kier molecular flexibility index (Phi) is 7.43. The van der Waals surface area contributed by atoms with Crippen LogP contribution in [0, 0.1) is 0 Å². The van der Waals surface area contributed by atoms with E-state index < -0.39 is 23.5 Å². The summed E-state index contributed by atoms with van der Waals surface area (Å²) in [4.78, 5) is 33.8. The maximum absolute atomic E-state index is 13.4. The minimum absolute atomic E-state index is 0.0724. The quantitative estimate of drug-likeness (QED) is 0.167. The third-order valence-electron chi connectivity index (χ3n) is 6.65. The van der Waals surface area contributed by atoms with Gasteiger partial charge >= 0.3 is 5.97 Å². The van der Waals surface area contributed by atoms with Crippen molar-refractivity contribution in [3.63, 3.8) is 0 Å². The minimum atomic E-state index is -1.20. The van der Waals surface area contributed by atoms with E-state index >= 15 is 0 Å². The van der Waals surface area contributed by atoms with Gasteiger partial charge in [-0.3, -0.25) is 4.79 Å². The summed E-state index contributed by atoms with van der Waals surface area (Å²) in [5, 5.41) is 24.0. The first-order chi connectivity index (χ1) is 19.1. The SMILES string of the molecule is CC(C)(O)C[C@@H](NC(=O)c1ccc(-c2c(Cl)cccc2-c2nc3ccccc3[nH]2)c(C(=O)O)c1)c1ccccc1. The van der Waals surface area contributed by atoms with Gasteiger partial charge in [-0.25, -0.2) is 9.78 Å². The van der Waals surface area contributed by atoms with E-state index in [9.17, 15) is 19.8 Å². The number of para-hydroxylation sites is 2. The summed E-state index contributed by atoms with van der Waals surface area (Å²) >= 11 is 6.65. The molecule has 4 N–H and O–H groups in total. The zero-order chi connectivity index (χ0) is 28.4. The highest BCUT2D eigenvalue weighted by Gasteiger charge is 2.26. The number of carboxylic acid groups (broad SMARTS) is 1. The summed E-state index contributed by atoms with van der Waals surface area (Å²) in [6, 6.07) is 26.3. The molecule has 0 spiro atoms. The number of halogens is 1. The Morgan fingerprint density at radius 1 is 0.950 bits per heavy atom. The van der Waals surface area contributed by atoms with Gasteiger partial charge < -0.3 is 20.5 Å².